The molecule has 2 amide bonds. The summed E-state index contributed by atoms with van der Waals surface area (Å²) >= 11 is 5.91. The predicted octanol–water partition coefficient (Wildman–Crippen LogP) is 3.22. The summed E-state index contributed by atoms with van der Waals surface area (Å²) in [5.41, 5.74) is 8.14. The molecule has 0 fully saturated rings. The molecule has 0 unspecified atom stereocenters. The maximum atomic E-state index is 12.4. The summed E-state index contributed by atoms with van der Waals surface area (Å²) in [6.45, 7) is 4.13. The van der Waals surface area contributed by atoms with Gasteiger partial charge < -0.3 is 16.0 Å². The molecule has 23 heavy (non-hydrogen) atoms. The number of likely N-dealkylation sites (N-methyl/N-ethyl adjacent to an activating group) is 1. The maximum Gasteiger partial charge on any atom is 0.316 e. The summed E-state index contributed by atoms with van der Waals surface area (Å²) < 4.78 is 0. The largest absolute Gasteiger partial charge is 0.398 e. The summed E-state index contributed by atoms with van der Waals surface area (Å²) in [6, 6.07) is 12.1. The average Bonchev–Trinajstić information content (AvgIpc) is 2.51. The smallest absolute Gasteiger partial charge is 0.316 e. The molecule has 0 heterocycles. The highest BCUT2D eigenvalue weighted by Gasteiger charge is 2.22. The highest BCUT2D eigenvalue weighted by molar-refractivity contribution is 6.44. The Morgan fingerprint density at radius 3 is 2.57 bits per heavy atom. The monoisotopic (exact) mass is 331 g/mol. The number of halogens is 1. The summed E-state index contributed by atoms with van der Waals surface area (Å²) in [7, 11) is 0. The van der Waals surface area contributed by atoms with Crippen LogP contribution in [0.4, 0.5) is 17.1 Å². The molecule has 0 radical (unpaired) electrons. The van der Waals surface area contributed by atoms with E-state index in [1.807, 2.05) is 32.0 Å². The molecule has 0 aliphatic rings. The molecule has 0 aromatic heterocycles. The van der Waals surface area contributed by atoms with E-state index in [1.54, 1.807) is 18.2 Å². The lowest BCUT2D eigenvalue weighted by Gasteiger charge is -2.20. The van der Waals surface area contributed by atoms with Crippen LogP contribution in [0.25, 0.3) is 0 Å². The Morgan fingerprint density at radius 1 is 1.22 bits per heavy atom. The van der Waals surface area contributed by atoms with Crippen LogP contribution in [-0.2, 0) is 9.59 Å². The number of aryl methyl sites for hydroxylation is 1. The first kappa shape index (κ1) is 16.8. The highest BCUT2D eigenvalue weighted by Crippen LogP contribution is 2.23. The number of rotatable bonds is 3. The molecule has 3 N–H and O–H groups in total. The molecular formula is C17H18ClN3O2. The first-order valence-electron chi connectivity index (χ1n) is 7.17. The third-order valence-corrected chi connectivity index (χ3v) is 3.65. The van der Waals surface area contributed by atoms with Crippen molar-refractivity contribution in [3.63, 3.8) is 0 Å². The molecule has 5 nitrogen and oxygen atoms in total. The van der Waals surface area contributed by atoms with Gasteiger partial charge in [-0.2, -0.15) is 0 Å². The van der Waals surface area contributed by atoms with Gasteiger partial charge in [0.1, 0.15) is 0 Å². The number of benzene rings is 2. The van der Waals surface area contributed by atoms with Crippen molar-refractivity contribution in [2.45, 2.75) is 13.8 Å². The molecule has 0 saturated heterocycles. The number of nitrogens with one attached hydrogen (secondary N) is 1. The van der Waals surface area contributed by atoms with Crippen molar-refractivity contribution < 1.29 is 9.59 Å². The van der Waals surface area contributed by atoms with Crippen LogP contribution < -0.4 is 16.0 Å². The lowest BCUT2D eigenvalue weighted by atomic mass is 10.2. The fourth-order valence-electron chi connectivity index (χ4n) is 2.15. The van der Waals surface area contributed by atoms with Gasteiger partial charge in [-0.1, -0.05) is 23.7 Å². The van der Waals surface area contributed by atoms with Crippen LogP contribution in [0.15, 0.2) is 42.5 Å². The minimum atomic E-state index is -0.728. The van der Waals surface area contributed by atoms with E-state index in [1.165, 1.54) is 11.0 Å². The molecule has 120 valence electrons. The van der Waals surface area contributed by atoms with E-state index in [0.717, 1.165) is 5.56 Å². The lowest BCUT2D eigenvalue weighted by Crippen LogP contribution is -2.39. The van der Waals surface area contributed by atoms with E-state index in [2.05, 4.69) is 5.32 Å². The number of nitrogens with two attached hydrogens (primary N) is 1. The zero-order chi connectivity index (χ0) is 17.0. The molecule has 2 aromatic carbocycles. The number of carbonyl (C=O) groups is 2. The summed E-state index contributed by atoms with van der Waals surface area (Å²) in [6.07, 6.45) is 0. The van der Waals surface area contributed by atoms with Gasteiger partial charge in [0.25, 0.3) is 0 Å². The van der Waals surface area contributed by atoms with E-state index in [0.29, 0.717) is 28.6 Å². The highest BCUT2D eigenvalue weighted by atomic mass is 35.5. The normalized spacial score (nSPS) is 10.2. The zero-order valence-electron chi connectivity index (χ0n) is 13.0. The second kappa shape index (κ2) is 7.15. The third kappa shape index (κ3) is 4.02. The molecule has 0 atom stereocenters. The van der Waals surface area contributed by atoms with Crippen LogP contribution in [0, 0.1) is 6.92 Å². The SMILES string of the molecule is CCN(C(=O)C(=O)Nc1ccc(N)c(Cl)c1)c1cccc(C)c1. The Labute approximate surface area is 140 Å². The topological polar surface area (TPSA) is 75.4 Å². The standard InChI is InChI=1S/C17H18ClN3O2/c1-3-21(13-6-4-5-11(2)9-13)17(23)16(22)20-12-7-8-15(19)14(18)10-12/h4-10H,3,19H2,1-2H3,(H,20,22). The van der Waals surface area contributed by atoms with Crippen molar-refractivity contribution in [2.24, 2.45) is 0 Å². The van der Waals surface area contributed by atoms with Gasteiger partial charge in [-0.25, -0.2) is 0 Å². The van der Waals surface area contributed by atoms with E-state index in [4.69, 9.17) is 17.3 Å². The van der Waals surface area contributed by atoms with Crippen LogP contribution in [0.2, 0.25) is 5.02 Å². The van der Waals surface area contributed by atoms with Gasteiger partial charge in [0.05, 0.1) is 10.7 Å². The minimum absolute atomic E-state index is 0.321. The van der Waals surface area contributed by atoms with Crippen LogP contribution in [0.5, 0.6) is 0 Å². The van der Waals surface area contributed by atoms with Crippen molar-refractivity contribution in [2.75, 3.05) is 22.5 Å². The van der Waals surface area contributed by atoms with Crippen LogP contribution in [0.1, 0.15) is 12.5 Å². The minimum Gasteiger partial charge on any atom is -0.398 e. The molecular weight excluding hydrogens is 314 g/mol. The Bertz CT molecular complexity index is 746. The number of nitrogens with zero attached hydrogens (tertiary/aromatic N) is 1. The van der Waals surface area contributed by atoms with E-state index >= 15 is 0 Å². The van der Waals surface area contributed by atoms with E-state index in [9.17, 15) is 9.59 Å². The number of nitrogen functional groups attached to an aromatic ring is 1. The zero-order valence-corrected chi connectivity index (χ0v) is 13.7. The van der Waals surface area contributed by atoms with Gasteiger partial charge in [0, 0.05) is 17.9 Å². The number of hydrogen-bond acceptors (Lipinski definition) is 3. The Hall–Kier alpha value is -2.53. The Morgan fingerprint density at radius 2 is 1.96 bits per heavy atom. The lowest BCUT2D eigenvalue weighted by molar-refractivity contribution is -0.134. The molecule has 0 aliphatic heterocycles. The van der Waals surface area contributed by atoms with Crippen molar-refractivity contribution in [1.29, 1.82) is 0 Å². The van der Waals surface area contributed by atoms with Gasteiger partial charge in [0.15, 0.2) is 0 Å². The predicted molar refractivity (Wildman–Crippen MR) is 93.7 cm³/mol. The first-order valence-corrected chi connectivity index (χ1v) is 7.54. The van der Waals surface area contributed by atoms with Crippen molar-refractivity contribution in [3.05, 3.63) is 53.1 Å². The fraction of sp³-hybridized carbons (Fsp3) is 0.176. The summed E-state index contributed by atoms with van der Waals surface area (Å²) in [5.74, 6) is -1.36. The Balaban J connectivity index is 2.17. The molecule has 0 bridgehead atoms. The molecule has 0 saturated carbocycles. The van der Waals surface area contributed by atoms with Crippen molar-refractivity contribution in [1.82, 2.24) is 0 Å². The molecule has 6 heteroatoms. The quantitative estimate of drug-likeness (QED) is 0.669. The molecule has 2 aromatic rings. The molecule has 0 aliphatic carbocycles. The second-order valence-corrected chi connectivity index (χ2v) is 5.49. The fourth-order valence-corrected chi connectivity index (χ4v) is 2.33. The van der Waals surface area contributed by atoms with E-state index in [-0.39, 0.29) is 0 Å². The second-order valence-electron chi connectivity index (χ2n) is 5.08. The molecule has 2 rings (SSSR count). The average molecular weight is 332 g/mol. The van der Waals surface area contributed by atoms with Gasteiger partial charge in [-0.15, -0.1) is 0 Å². The van der Waals surface area contributed by atoms with Crippen LogP contribution >= 0.6 is 11.6 Å². The summed E-state index contributed by atoms with van der Waals surface area (Å²) in [4.78, 5) is 26.0. The number of carbonyl (C=O) groups excluding carboxylic acids is 2. The van der Waals surface area contributed by atoms with Crippen molar-refractivity contribution >= 4 is 40.5 Å². The summed E-state index contributed by atoms with van der Waals surface area (Å²) in [5, 5.41) is 2.86. The number of hydrogen-bond donors (Lipinski definition) is 2. The van der Waals surface area contributed by atoms with Gasteiger partial charge in [-0.05, 0) is 49.7 Å². The van der Waals surface area contributed by atoms with Gasteiger partial charge >= 0.3 is 11.8 Å². The maximum absolute atomic E-state index is 12.4. The van der Waals surface area contributed by atoms with E-state index < -0.39 is 11.8 Å². The van der Waals surface area contributed by atoms with Gasteiger partial charge in [0.2, 0.25) is 0 Å². The third-order valence-electron chi connectivity index (χ3n) is 3.33. The van der Waals surface area contributed by atoms with Gasteiger partial charge in [-0.3, -0.25) is 9.59 Å². The first-order chi connectivity index (χ1) is 10.9. The van der Waals surface area contributed by atoms with Crippen LogP contribution in [-0.4, -0.2) is 18.4 Å². The van der Waals surface area contributed by atoms with Crippen molar-refractivity contribution in [3.8, 4) is 0 Å². The van der Waals surface area contributed by atoms with Crippen LogP contribution in [0.3, 0.4) is 0 Å². The molecule has 0 spiro atoms. The number of amides is 2. The number of anilines is 3. The Kier molecular flexibility index (Phi) is 5.24.